The number of alkyl halides is 2. The summed E-state index contributed by atoms with van der Waals surface area (Å²) >= 11 is 0. The highest BCUT2D eigenvalue weighted by Gasteiger charge is 2.41. The summed E-state index contributed by atoms with van der Waals surface area (Å²) < 4.78 is 47.6. The molecule has 24 heavy (non-hydrogen) atoms. The maximum atomic E-state index is 12.5. The summed E-state index contributed by atoms with van der Waals surface area (Å²) in [6.45, 7) is 2.25. The summed E-state index contributed by atoms with van der Waals surface area (Å²) in [5.74, 6) is -3.30. The third kappa shape index (κ3) is 4.64. The lowest BCUT2D eigenvalue weighted by molar-refractivity contribution is -0.122. The van der Waals surface area contributed by atoms with Crippen LogP contribution in [0.2, 0.25) is 0 Å². The average molecular weight is 383 g/mol. The van der Waals surface area contributed by atoms with E-state index < -0.39 is 26.0 Å². The lowest BCUT2D eigenvalue weighted by atomic mass is 9.95. The number of hydrogen-bond acceptors (Lipinski definition) is 4. The molecule has 1 aliphatic rings. The smallest absolute Gasteiger partial charge is 0.341 e. The molecule has 0 bridgehead atoms. The number of sulfone groups is 1. The van der Waals surface area contributed by atoms with Crippen LogP contribution in [0.1, 0.15) is 25.3 Å². The standard InChI is InChI=1S/C15H20F2N2O3S.ClH/c1-15(9-18,11-4-5-11)19-13(20)8-10-2-6-12(7-3-10)23(21,22)14(16)17;/h2-3,6-7,11,14H,4-5,8-9,18H2,1H3,(H,19,20);1H. The number of carbonyl (C=O) groups excluding carboxylic acids is 1. The van der Waals surface area contributed by atoms with Crippen molar-refractivity contribution in [2.45, 2.75) is 42.4 Å². The zero-order valence-corrected chi connectivity index (χ0v) is 14.8. The van der Waals surface area contributed by atoms with Crippen molar-refractivity contribution >= 4 is 28.2 Å². The Hall–Kier alpha value is -1.25. The lowest BCUT2D eigenvalue weighted by Crippen LogP contribution is -2.53. The molecule has 0 heterocycles. The van der Waals surface area contributed by atoms with Crippen LogP contribution in [0.5, 0.6) is 0 Å². The zero-order valence-electron chi connectivity index (χ0n) is 13.2. The van der Waals surface area contributed by atoms with Crippen LogP contribution in [0, 0.1) is 5.92 Å². The van der Waals surface area contributed by atoms with E-state index in [1.54, 1.807) is 0 Å². The van der Waals surface area contributed by atoms with Crippen LogP contribution in [0.3, 0.4) is 0 Å². The molecule has 0 aromatic heterocycles. The van der Waals surface area contributed by atoms with Gasteiger partial charge in [-0.3, -0.25) is 4.79 Å². The van der Waals surface area contributed by atoms with Gasteiger partial charge >= 0.3 is 5.76 Å². The van der Waals surface area contributed by atoms with E-state index in [9.17, 15) is 22.0 Å². The molecule has 1 amide bonds. The first-order valence-corrected chi connectivity index (χ1v) is 8.86. The molecule has 5 nitrogen and oxygen atoms in total. The van der Waals surface area contributed by atoms with Gasteiger partial charge in [0.2, 0.25) is 15.7 Å². The summed E-state index contributed by atoms with van der Waals surface area (Å²) in [5, 5.41) is 2.91. The zero-order chi connectivity index (χ0) is 17.3. The molecule has 9 heteroatoms. The van der Waals surface area contributed by atoms with Gasteiger partial charge in [0, 0.05) is 6.54 Å². The normalized spacial score (nSPS) is 17.0. The maximum Gasteiger partial charge on any atom is 0.341 e. The average Bonchev–Trinajstić information content (AvgIpc) is 3.32. The predicted molar refractivity (Wildman–Crippen MR) is 88.9 cm³/mol. The minimum atomic E-state index is -4.61. The van der Waals surface area contributed by atoms with E-state index >= 15 is 0 Å². The van der Waals surface area contributed by atoms with Crippen LogP contribution in [0.4, 0.5) is 8.78 Å². The molecule has 1 aliphatic carbocycles. The fourth-order valence-corrected chi connectivity index (χ4v) is 3.21. The van der Waals surface area contributed by atoms with Crippen LogP contribution in [0.15, 0.2) is 29.2 Å². The van der Waals surface area contributed by atoms with Gasteiger partial charge in [-0.25, -0.2) is 8.42 Å². The number of nitrogens with one attached hydrogen (secondary N) is 1. The number of carbonyl (C=O) groups is 1. The Balaban J connectivity index is 0.00000288. The van der Waals surface area contributed by atoms with Gasteiger partial charge in [-0.1, -0.05) is 12.1 Å². The van der Waals surface area contributed by atoms with Gasteiger partial charge in [-0.15, -0.1) is 12.4 Å². The quantitative estimate of drug-likeness (QED) is 0.753. The topological polar surface area (TPSA) is 89.3 Å². The van der Waals surface area contributed by atoms with Crippen molar-refractivity contribution in [1.82, 2.24) is 5.32 Å². The molecule has 0 saturated heterocycles. The third-order valence-corrected chi connectivity index (χ3v) is 5.58. The number of halogens is 3. The van der Waals surface area contributed by atoms with Crippen molar-refractivity contribution in [2.75, 3.05) is 6.54 Å². The first-order chi connectivity index (χ1) is 10.7. The Bertz CT molecular complexity index is 678. The van der Waals surface area contributed by atoms with E-state index in [1.165, 1.54) is 12.1 Å². The minimum Gasteiger partial charge on any atom is -0.349 e. The van der Waals surface area contributed by atoms with E-state index in [4.69, 9.17) is 5.73 Å². The highest BCUT2D eigenvalue weighted by Crippen LogP contribution is 2.39. The third-order valence-electron chi connectivity index (χ3n) is 4.18. The van der Waals surface area contributed by atoms with E-state index in [0.29, 0.717) is 18.0 Å². The molecule has 0 radical (unpaired) electrons. The summed E-state index contributed by atoms with van der Waals surface area (Å²) in [6, 6.07) is 4.91. The Labute approximate surface area is 146 Å². The van der Waals surface area contributed by atoms with Gasteiger partial charge in [0.25, 0.3) is 0 Å². The molecule has 0 aliphatic heterocycles. The Morgan fingerprint density at radius 3 is 2.29 bits per heavy atom. The summed E-state index contributed by atoms with van der Waals surface area (Å²) in [4.78, 5) is 11.6. The fourth-order valence-electron chi connectivity index (χ4n) is 2.49. The molecule has 1 saturated carbocycles. The molecule has 3 N–H and O–H groups in total. The monoisotopic (exact) mass is 382 g/mol. The summed E-state index contributed by atoms with van der Waals surface area (Å²) in [7, 11) is -4.61. The van der Waals surface area contributed by atoms with Gasteiger partial charge in [-0.05, 0) is 43.4 Å². The van der Waals surface area contributed by atoms with Crippen molar-refractivity contribution in [2.24, 2.45) is 11.7 Å². The van der Waals surface area contributed by atoms with Crippen molar-refractivity contribution in [3.63, 3.8) is 0 Å². The van der Waals surface area contributed by atoms with Crippen LogP contribution >= 0.6 is 12.4 Å². The highest BCUT2D eigenvalue weighted by molar-refractivity contribution is 7.91. The summed E-state index contributed by atoms with van der Waals surface area (Å²) in [5.41, 5.74) is 5.85. The number of nitrogens with two attached hydrogens (primary N) is 1. The van der Waals surface area contributed by atoms with Crippen LogP contribution < -0.4 is 11.1 Å². The lowest BCUT2D eigenvalue weighted by Gasteiger charge is -2.29. The second-order valence-electron chi connectivity index (χ2n) is 6.07. The van der Waals surface area contributed by atoms with E-state index in [1.807, 2.05) is 6.92 Å². The molecular weight excluding hydrogens is 362 g/mol. The van der Waals surface area contributed by atoms with Crippen molar-refractivity contribution in [1.29, 1.82) is 0 Å². The first kappa shape index (κ1) is 20.8. The maximum absolute atomic E-state index is 12.5. The van der Waals surface area contributed by atoms with Gasteiger partial charge in [0.1, 0.15) is 0 Å². The van der Waals surface area contributed by atoms with Crippen LogP contribution in [-0.2, 0) is 21.1 Å². The molecule has 136 valence electrons. The Morgan fingerprint density at radius 2 is 1.88 bits per heavy atom. The molecule has 1 unspecified atom stereocenters. The van der Waals surface area contributed by atoms with Crippen molar-refractivity contribution < 1.29 is 22.0 Å². The van der Waals surface area contributed by atoms with Crippen molar-refractivity contribution in [3.05, 3.63) is 29.8 Å². The largest absolute Gasteiger partial charge is 0.349 e. The predicted octanol–water partition coefficient (Wildman–Crippen LogP) is 1.89. The second-order valence-corrected chi connectivity index (χ2v) is 7.99. The molecular formula is C15H21ClF2N2O3S. The fraction of sp³-hybridized carbons (Fsp3) is 0.533. The number of hydrogen-bond donors (Lipinski definition) is 2. The van der Waals surface area contributed by atoms with E-state index in [0.717, 1.165) is 25.0 Å². The Kier molecular flexibility index (Phi) is 6.72. The van der Waals surface area contributed by atoms with Gasteiger partial charge in [0.05, 0.1) is 16.9 Å². The van der Waals surface area contributed by atoms with E-state index in [2.05, 4.69) is 5.32 Å². The number of benzene rings is 1. The van der Waals surface area contributed by atoms with Gasteiger partial charge in [0.15, 0.2) is 0 Å². The van der Waals surface area contributed by atoms with E-state index in [-0.39, 0.29) is 24.7 Å². The van der Waals surface area contributed by atoms with Crippen LogP contribution in [0.25, 0.3) is 0 Å². The second kappa shape index (κ2) is 7.76. The Morgan fingerprint density at radius 1 is 1.33 bits per heavy atom. The molecule has 1 atom stereocenters. The van der Waals surface area contributed by atoms with Gasteiger partial charge < -0.3 is 11.1 Å². The molecule has 1 aromatic carbocycles. The summed E-state index contributed by atoms with van der Waals surface area (Å²) in [6.07, 6.45) is 2.11. The number of amides is 1. The molecule has 0 spiro atoms. The molecule has 1 aromatic rings. The first-order valence-electron chi connectivity index (χ1n) is 7.31. The highest BCUT2D eigenvalue weighted by atomic mass is 35.5. The van der Waals surface area contributed by atoms with Crippen molar-refractivity contribution in [3.8, 4) is 0 Å². The SMILES string of the molecule is CC(CN)(NC(=O)Cc1ccc(S(=O)(=O)C(F)F)cc1)C1CC1.Cl. The van der Waals surface area contributed by atoms with Gasteiger partial charge in [-0.2, -0.15) is 8.78 Å². The minimum absolute atomic E-state index is 0. The van der Waals surface area contributed by atoms with Crippen LogP contribution in [-0.4, -0.2) is 32.2 Å². The number of rotatable bonds is 7. The molecule has 1 fully saturated rings. The molecule has 2 rings (SSSR count).